The van der Waals surface area contributed by atoms with Gasteiger partial charge in [0.25, 0.3) is 5.91 Å². The Bertz CT molecular complexity index is 886. The summed E-state index contributed by atoms with van der Waals surface area (Å²) in [5.74, 6) is -1.40. The molecular formula is C16H11ClN2O3. The predicted molar refractivity (Wildman–Crippen MR) is 84.7 cm³/mol. The highest BCUT2D eigenvalue weighted by Crippen LogP contribution is 2.21. The Balaban J connectivity index is 1.86. The first kappa shape index (κ1) is 14.2. The van der Waals surface area contributed by atoms with Crippen LogP contribution in [0.4, 0.5) is 5.69 Å². The number of carboxylic acid groups (broad SMARTS) is 1. The summed E-state index contributed by atoms with van der Waals surface area (Å²) in [5.41, 5.74) is 1.70. The highest BCUT2D eigenvalue weighted by Gasteiger charge is 2.11. The van der Waals surface area contributed by atoms with Crippen LogP contribution in [0.15, 0.2) is 48.5 Å². The van der Waals surface area contributed by atoms with Crippen molar-refractivity contribution in [3.05, 3.63) is 64.8 Å². The number of H-pyrrole nitrogens is 1. The Labute approximate surface area is 130 Å². The van der Waals surface area contributed by atoms with Crippen LogP contribution in [0.1, 0.15) is 20.8 Å². The van der Waals surface area contributed by atoms with Gasteiger partial charge < -0.3 is 15.4 Å². The van der Waals surface area contributed by atoms with E-state index >= 15 is 0 Å². The number of nitrogens with one attached hydrogen (secondary N) is 2. The van der Waals surface area contributed by atoms with Gasteiger partial charge >= 0.3 is 5.97 Å². The monoisotopic (exact) mass is 314 g/mol. The molecule has 5 nitrogen and oxygen atoms in total. The van der Waals surface area contributed by atoms with Gasteiger partial charge in [-0.25, -0.2) is 4.79 Å². The van der Waals surface area contributed by atoms with Crippen LogP contribution in [0.2, 0.25) is 5.02 Å². The molecule has 1 aromatic heterocycles. The number of anilines is 1. The van der Waals surface area contributed by atoms with E-state index in [4.69, 9.17) is 16.7 Å². The third kappa shape index (κ3) is 2.80. The number of benzene rings is 2. The van der Waals surface area contributed by atoms with Crippen molar-refractivity contribution < 1.29 is 14.7 Å². The normalized spacial score (nSPS) is 10.6. The summed E-state index contributed by atoms with van der Waals surface area (Å²) in [5, 5.41) is 13.0. The van der Waals surface area contributed by atoms with Gasteiger partial charge in [0, 0.05) is 21.6 Å². The molecule has 2 aromatic carbocycles. The van der Waals surface area contributed by atoms with Crippen molar-refractivity contribution in [1.29, 1.82) is 0 Å². The van der Waals surface area contributed by atoms with Gasteiger partial charge in [0.1, 0.15) is 5.69 Å². The SMILES string of the molecule is O=C(O)c1cccc(NC(=O)c2cc3cc(Cl)ccc3[nH]2)c1. The largest absolute Gasteiger partial charge is 0.478 e. The average molecular weight is 315 g/mol. The van der Waals surface area contributed by atoms with E-state index in [2.05, 4.69) is 10.3 Å². The molecule has 3 rings (SSSR count). The van der Waals surface area contributed by atoms with Gasteiger partial charge in [0.15, 0.2) is 0 Å². The fourth-order valence-electron chi connectivity index (χ4n) is 2.15. The molecule has 3 aromatic rings. The van der Waals surface area contributed by atoms with E-state index in [1.807, 2.05) is 0 Å². The van der Waals surface area contributed by atoms with E-state index < -0.39 is 5.97 Å². The first-order valence-corrected chi connectivity index (χ1v) is 6.84. The average Bonchev–Trinajstić information content (AvgIpc) is 2.90. The molecule has 22 heavy (non-hydrogen) atoms. The molecule has 0 spiro atoms. The molecule has 0 bridgehead atoms. The number of aromatic carboxylic acids is 1. The summed E-state index contributed by atoms with van der Waals surface area (Å²) >= 11 is 5.91. The van der Waals surface area contributed by atoms with E-state index in [0.29, 0.717) is 16.4 Å². The van der Waals surface area contributed by atoms with E-state index in [1.54, 1.807) is 36.4 Å². The van der Waals surface area contributed by atoms with Crippen LogP contribution in [-0.4, -0.2) is 22.0 Å². The van der Waals surface area contributed by atoms with Crippen molar-refractivity contribution in [2.75, 3.05) is 5.32 Å². The minimum Gasteiger partial charge on any atom is -0.478 e. The topological polar surface area (TPSA) is 82.2 Å². The van der Waals surface area contributed by atoms with Crippen LogP contribution in [0.5, 0.6) is 0 Å². The Morgan fingerprint density at radius 3 is 2.68 bits per heavy atom. The first-order chi connectivity index (χ1) is 10.5. The molecule has 1 heterocycles. The number of halogens is 1. The van der Waals surface area contributed by atoms with Crippen molar-refractivity contribution in [2.45, 2.75) is 0 Å². The van der Waals surface area contributed by atoms with Crippen LogP contribution >= 0.6 is 11.6 Å². The van der Waals surface area contributed by atoms with Gasteiger partial charge in [-0.15, -0.1) is 0 Å². The Hall–Kier alpha value is -2.79. The number of rotatable bonds is 3. The van der Waals surface area contributed by atoms with E-state index in [9.17, 15) is 9.59 Å². The highest BCUT2D eigenvalue weighted by molar-refractivity contribution is 6.31. The summed E-state index contributed by atoms with van der Waals surface area (Å²) in [6.07, 6.45) is 0. The summed E-state index contributed by atoms with van der Waals surface area (Å²) in [6.45, 7) is 0. The molecule has 110 valence electrons. The van der Waals surface area contributed by atoms with Gasteiger partial charge in [0.05, 0.1) is 5.56 Å². The fourth-order valence-corrected chi connectivity index (χ4v) is 2.33. The maximum absolute atomic E-state index is 12.2. The molecule has 0 saturated carbocycles. The molecule has 0 atom stereocenters. The minimum atomic E-state index is -1.05. The number of hydrogen-bond acceptors (Lipinski definition) is 2. The van der Waals surface area contributed by atoms with Gasteiger partial charge in [-0.2, -0.15) is 0 Å². The zero-order valence-electron chi connectivity index (χ0n) is 11.3. The molecule has 1 amide bonds. The number of carbonyl (C=O) groups is 2. The number of hydrogen-bond donors (Lipinski definition) is 3. The summed E-state index contributed by atoms with van der Waals surface area (Å²) < 4.78 is 0. The maximum atomic E-state index is 12.2. The molecule has 0 saturated heterocycles. The number of carboxylic acids is 1. The third-order valence-electron chi connectivity index (χ3n) is 3.19. The Kier molecular flexibility index (Phi) is 3.56. The molecular weight excluding hydrogens is 304 g/mol. The quantitative estimate of drug-likeness (QED) is 0.688. The number of fused-ring (bicyclic) bond motifs is 1. The highest BCUT2D eigenvalue weighted by atomic mass is 35.5. The van der Waals surface area contributed by atoms with E-state index in [-0.39, 0.29) is 11.5 Å². The molecule has 0 unspecified atom stereocenters. The minimum absolute atomic E-state index is 0.112. The van der Waals surface area contributed by atoms with Gasteiger partial charge in [-0.05, 0) is 42.5 Å². The zero-order valence-corrected chi connectivity index (χ0v) is 12.0. The second-order valence-corrected chi connectivity index (χ2v) is 5.19. The third-order valence-corrected chi connectivity index (χ3v) is 3.43. The van der Waals surface area contributed by atoms with Gasteiger partial charge in [-0.3, -0.25) is 4.79 Å². The Morgan fingerprint density at radius 2 is 1.91 bits per heavy atom. The van der Waals surface area contributed by atoms with Crippen molar-refractivity contribution in [3.63, 3.8) is 0 Å². The molecule has 0 radical (unpaired) electrons. The summed E-state index contributed by atoms with van der Waals surface area (Å²) in [7, 11) is 0. The van der Waals surface area contributed by atoms with E-state index in [0.717, 1.165) is 10.9 Å². The maximum Gasteiger partial charge on any atom is 0.335 e. The second kappa shape index (κ2) is 5.54. The fraction of sp³-hybridized carbons (Fsp3) is 0. The molecule has 3 N–H and O–H groups in total. The number of aromatic amines is 1. The van der Waals surface area contributed by atoms with Gasteiger partial charge in [0.2, 0.25) is 0 Å². The lowest BCUT2D eigenvalue weighted by molar-refractivity contribution is 0.0696. The van der Waals surface area contributed by atoms with Crippen LogP contribution in [0, 0.1) is 0 Å². The first-order valence-electron chi connectivity index (χ1n) is 6.46. The van der Waals surface area contributed by atoms with Crippen LogP contribution in [-0.2, 0) is 0 Å². The Morgan fingerprint density at radius 1 is 1.09 bits per heavy atom. The molecule has 6 heteroatoms. The van der Waals surface area contributed by atoms with Crippen molar-refractivity contribution in [2.24, 2.45) is 0 Å². The number of amides is 1. The van der Waals surface area contributed by atoms with Crippen molar-refractivity contribution >= 4 is 40.1 Å². The van der Waals surface area contributed by atoms with Crippen molar-refractivity contribution in [1.82, 2.24) is 4.98 Å². The molecule has 0 fully saturated rings. The lowest BCUT2D eigenvalue weighted by atomic mass is 10.2. The van der Waals surface area contributed by atoms with Gasteiger partial charge in [-0.1, -0.05) is 17.7 Å². The number of aromatic nitrogens is 1. The molecule has 0 aliphatic heterocycles. The van der Waals surface area contributed by atoms with Crippen LogP contribution < -0.4 is 5.32 Å². The summed E-state index contributed by atoms with van der Waals surface area (Å²) in [6, 6.07) is 13.0. The van der Waals surface area contributed by atoms with Crippen LogP contribution in [0.25, 0.3) is 10.9 Å². The molecule has 0 aliphatic carbocycles. The van der Waals surface area contributed by atoms with Crippen LogP contribution in [0.3, 0.4) is 0 Å². The molecule has 0 aliphatic rings. The lowest BCUT2D eigenvalue weighted by Crippen LogP contribution is -2.12. The standard InChI is InChI=1S/C16H11ClN2O3/c17-11-4-5-13-10(6-11)8-14(19-13)15(20)18-12-3-1-2-9(7-12)16(21)22/h1-8,19H,(H,18,20)(H,21,22). The lowest BCUT2D eigenvalue weighted by Gasteiger charge is -2.04. The smallest absolute Gasteiger partial charge is 0.335 e. The number of carbonyl (C=O) groups excluding carboxylic acids is 1. The summed E-state index contributed by atoms with van der Waals surface area (Å²) in [4.78, 5) is 26.1. The predicted octanol–water partition coefficient (Wildman–Crippen LogP) is 3.77. The van der Waals surface area contributed by atoms with E-state index in [1.165, 1.54) is 12.1 Å². The zero-order chi connectivity index (χ0) is 15.7. The van der Waals surface area contributed by atoms with Crippen molar-refractivity contribution in [3.8, 4) is 0 Å². The second-order valence-electron chi connectivity index (χ2n) is 4.75.